The molecule has 3 rings (SSSR count). The van der Waals surface area contributed by atoms with Gasteiger partial charge < -0.3 is 30.7 Å². The van der Waals surface area contributed by atoms with E-state index >= 15 is 0 Å². The van der Waals surface area contributed by atoms with E-state index in [2.05, 4.69) is 25.5 Å². The van der Waals surface area contributed by atoms with Crippen LogP contribution in [0.3, 0.4) is 0 Å². The second kappa shape index (κ2) is 5.53. The topological polar surface area (TPSA) is 97.6 Å². The number of nitrogens with zero attached hydrogens (tertiary/aromatic N) is 3. The number of hydrogen-bond donors (Lipinski definition) is 3. The summed E-state index contributed by atoms with van der Waals surface area (Å²) in [5.74, 6) is 2.34. The van der Waals surface area contributed by atoms with Crippen LogP contribution in [0, 0.1) is 0 Å². The molecule has 2 aliphatic heterocycles. The van der Waals surface area contributed by atoms with Crippen LogP contribution < -0.4 is 26.0 Å². The van der Waals surface area contributed by atoms with Gasteiger partial charge in [-0.25, -0.2) is 0 Å². The van der Waals surface area contributed by atoms with Gasteiger partial charge in [-0.1, -0.05) is 0 Å². The molecule has 0 aliphatic carbocycles. The largest absolute Gasteiger partial charge is 0.484 e. The molecule has 1 aromatic heterocycles. The summed E-state index contributed by atoms with van der Waals surface area (Å²) in [6.07, 6.45) is 0.0236. The van der Waals surface area contributed by atoms with E-state index in [0.29, 0.717) is 24.2 Å². The minimum absolute atomic E-state index is 0.0236. The van der Waals surface area contributed by atoms with Crippen LogP contribution in [0.25, 0.3) is 0 Å². The van der Waals surface area contributed by atoms with Crippen LogP contribution in [0.15, 0.2) is 0 Å². The number of anilines is 3. The van der Waals surface area contributed by atoms with E-state index in [9.17, 15) is 0 Å². The molecule has 8 heteroatoms. The SMILES string of the molecule is CNC1CN(c2nc(N)nc3c2OC[C@@H]([C@@H](C)OC)N3)C1. The highest BCUT2D eigenvalue weighted by Crippen LogP contribution is 2.38. The van der Waals surface area contributed by atoms with E-state index in [1.165, 1.54) is 0 Å². The molecule has 8 nitrogen and oxygen atoms in total. The molecule has 0 spiro atoms. The van der Waals surface area contributed by atoms with Crippen molar-refractivity contribution < 1.29 is 9.47 Å². The van der Waals surface area contributed by atoms with Crippen molar-refractivity contribution in [2.75, 3.05) is 49.8 Å². The first-order valence-corrected chi connectivity index (χ1v) is 7.14. The summed E-state index contributed by atoms with van der Waals surface area (Å²) in [5, 5.41) is 6.57. The molecule has 1 aromatic rings. The quantitative estimate of drug-likeness (QED) is 0.695. The smallest absolute Gasteiger partial charge is 0.224 e. The monoisotopic (exact) mass is 294 g/mol. The fourth-order valence-corrected chi connectivity index (χ4v) is 2.54. The van der Waals surface area contributed by atoms with Gasteiger partial charge in [-0.2, -0.15) is 9.97 Å². The van der Waals surface area contributed by atoms with Crippen LogP contribution in [0.1, 0.15) is 6.92 Å². The second-order valence-electron chi connectivity index (χ2n) is 5.48. The van der Waals surface area contributed by atoms with Gasteiger partial charge in [-0.15, -0.1) is 0 Å². The van der Waals surface area contributed by atoms with Crippen molar-refractivity contribution in [1.29, 1.82) is 0 Å². The predicted molar refractivity (Wildman–Crippen MR) is 80.9 cm³/mol. The number of rotatable bonds is 4. The lowest BCUT2D eigenvalue weighted by molar-refractivity contribution is 0.0803. The van der Waals surface area contributed by atoms with Gasteiger partial charge in [0.2, 0.25) is 11.7 Å². The molecule has 2 aliphatic rings. The number of hydrogen-bond acceptors (Lipinski definition) is 8. The summed E-state index contributed by atoms with van der Waals surface area (Å²) in [6.45, 7) is 4.29. The highest BCUT2D eigenvalue weighted by molar-refractivity contribution is 5.69. The normalized spacial score (nSPS) is 22.8. The third-order valence-electron chi connectivity index (χ3n) is 4.12. The zero-order valence-electron chi connectivity index (χ0n) is 12.6. The van der Waals surface area contributed by atoms with E-state index < -0.39 is 0 Å². The van der Waals surface area contributed by atoms with Gasteiger partial charge in [0.05, 0.1) is 12.1 Å². The fraction of sp³-hybridized carbons (Fsp3) is 0.692. The van der Waals surface area contributed by atoms with E-state index in [-0.39, 0.29) is 18.1 Å². The number of fused-ring (bicyclic) bond motifs is 1. The van der Waals surface area contributed by atoms with Crippen molar-refractivity contribution in [2.24, 2.45) is 0 Å². The minimum Gasteiger partial charge on any atom is -0.484 e. The average molecular weight is 294 g/mol. The summed E-state index contributed by atoms with van der Waals surface area (Å²) in [7, 11) is 3.64. The summed E-state index contributed by atoms with van der Waals surface area (Å²) >= 11 is 0. The van der Waals surface area contributed by atoms with E-state index in [1.807, 2.05) is 14.0 Å². The van der Waals surface area contributed by atoms with Crippen LogP contribution in [-0.2, 0) is 4.74 Å². The number of ether oxygens (including phenoxy) is 2. The van der Waals surface area contributed by atoms with Crippen LogP contribution in [0.5, 0.6) is 5.75 Å². The third-order valence-corrected chi connectivity index (χ3v) is 4.12. The Bertz CT molecular complexity index is 520. The third kappa shape index (κ3) is 2.56. The van der Waals surface area contributed by atoms with Crippen molar-refractivity contribution >= 4 is 17.6 Å². The highest BCUT2D eigenvalue weighted by atomic mass is 16.5. The van der Waals surface area contributed by atoms with E-state index in [1.54, 1.807) is 7.11 Å². The van der Waals surface area contributed by atoms with Crippen LogP contribution >= 0.6 is 0 Å². The summed E-state index contributed by atoms with van der Waals surface area (Å²) in [6, 6.07) is 0.528. The number of nitrogens with one attached hydrogen (secondary N) is 2. The van der Waals surface area contributed by atoms with Gasteiger partial charge in [0.15, 0.2) is 11.6 Å². The van der Waals surface area contributed by atoms with Gasteiger partial charge >= 0.3 is 0 Å². The summed E-state index contributed by atoms with van der Waals surface area (Å²) < 4.78 is 11.2. The maximum Gasteiger partial charge on any atom is 0.224 e. The summed E-state index contributed by atoms with van der Waals surface area (Å²) in [4.78, 5) is 10.7. The Morgan fingerprint density at radius 2 is 2.24 bits per heavy atom. The van der Waals surface area contributed by atoms with Gasteiger partial charge in [-0.05, 0) is 14.0 Å². The number of nitrogen functional groups attached to an aromatic ring is 1. The Morgan fingerprint density at radius 3 is 2.90 bits per heavy atom. The van der Waals surface area contributed by atoms with Crippen molar-refractivity contribution in [1.82, 2.24) is 15.3 Å². The van der Waals surface area contributed by atoms with Crippen LogP contribution in [0.2, 0.25) is 0 Å². The number of nitrogens with two attached hydrogens (primary N) is 1. The molecule has 2 atom stereocenters. The molecule has 0 radical (unpaired) electrons. The zero-order chi connectivity index (χ0) is 15.0. The Kier molecular flexibility index (Phi) is 3.73. The van der Waals surface area contributed by atoms with Crippen LogP contribution in [-0.4, -0.2) is 62.0 Å². The van der Waals surface area contributed by atoms with Gasteiger partial charge in [0.1, 0.15) is 6.61 Å². The lowest BCUT2D eigenvalue weighted by Gasteiger charge is -2.41. The van der Waals surface area contributed by atoms with Crippen molar-refractivity contribution in [3.63, 3.8) is 0 Å². The molecule has 0 unspecified atom stereocenters. The van der Waals surface area contributed by atoms with Crippen molar-refractivity contribution in [2.45, 2.75) is 25.1 Å². The lowest BCUT2D eigenvalue weighted by Crippen LogP contribution is -2.57. The molecule has 0 bridgehead atoms. The maximum absolute atomic E-state index is 5.89. The molecule has 116 valence electrons. The first-order valence-electron chi connectivity index (χ1n) is 7.14. The summed E-state index contributed by atoms with van der Waals surface area (Å²) in [5.41, 5.74) is 5.83. The van der Waals surface area contributed by atoms with E-state index in [4.69, 9.17) is 15.2 Å². The number of aromatic nitrogens is 2. The Hall–Kier alpha value is -1.80. The molecule has 3 heterocycles. The van der Waals surface area contributed by atoms with Gasteiger partial charge in [0.25, 0.3) is 0 Å². The molecule has 1 fully saturated rings. The molecular formula is C13H22N6O2. The predicted octanol–water partition coefficient (Wildman–Crippen LogP) is -0.325. The number of likely N-dealkylation sites (N-methyl/N-ethyl adjacent to an activating group) is 1. The van der Waals surface area contributed by atoms with Crippen molar-refractivity contribution in [3.8, 4) is 5.75 Å². The maximum atomic E-state index is 5.89. The van der Waals surface area contributed by atoms with Gasteiger partial charge in [-0.3, -0.25) is 0 Å². The van der Waals surface area contributed by atoms with Crippen LogP contribution in [0.4, 0.5) is 17.6 Å². The lowest BCUT2D eigenvalue weighted by atomic mass is 10.1. The highest BCUT2D eigenvalue weighted by Gasteiger charge is 2.34. The Balaban J connectivity index is 1.83. The zero-order valence-corrected chi connectivity index (χ0v) is 12.6. The van der Waals surface area contributed by atoms with Gasteiger partial charge in [0, 0.05) is 26.2 Å². The molecular weight excluding hydrogens is 272 g/mol. The van der Waals surface area contributed by atoms with E-state index in [0.717, 1.165) is 18.9 Å². The molecule has 0 amide bonds. The first kappa shape index (κ1) is 14.2. The average Bonchev–Trinajstić information content (AvgIpc) is 2.44. The molecule has 4 N–H and O–H groups in total. The molecule has 0 aromatic carbocycles. The van der Waals surface area contributed by atoms with Crippen molar-refractivity contribution in [3.05, 3.63) is 0 Å². The second-order valence-corrected chi connectivity index (χ2v) is 5.48. The molecule has 0 saturated carbocycles. The first-order chi connectivity index (χ1) is 10.1. The molecule has 1 saturated heterocycles. The fourth-order valence-electron chi connectivity index (χ4n) is 2.54. The Labute approximate surface area is 124 Å². The minimum atomic E-state index is 0.0236. The number of methoxy groups -OCH3 is 1. The molecule has 21 heavy (non-hydrogen) atoms. The Morgan fingerprint density at radius 1 is 1.48 bits per heavy atom. The standard InChI is InChI=1S/C13H22N6O2/c1-7(20-3)9-6-21-10-11(16-9)17-13(14)18-12(10)19-4-8(5-19)15-2/h7-9,15H,4-6H2,1-3H3,(H3,14,16,17,18)/t7-,9+/m1/s1.